The number of hydrogen-bond acceptors (Lipinski definition) is 6. The second-order valence-corrected chi connectivity index (χ2v) is 10.1. The number of hydrazone groups is 1. The molecule has 0 saturated carbocycles. The maximum Gasteiger partial charge on any atom is 0.270 e. The van der Waals surface area contributed by atoms with Crippen LogP contribution in [0.3, 0.4) is 0 Å². The lowest BCUT2D eigenvalue weighted by Gasteiger charge is -2.36. The Kier molecular flexibility index (Phi) is 5.69. The molecule has 2 saturated heterocycles. The van der Waals surface area contributed by atoms with Gasteiger partial charge in [0.2, 0.25) is 5.91 Å². The van der Waals surface area contributed by atoms with E-state index in [0.29, 0.717) is 31.6 Å². The fraction of sp³-hybridized carbons (Fsp3) is 0.550. The lowest BCUT2D eigenvalue weighted by Crippen LogP contribution is -2.51. The smallest absolute Gasteiger partial charge is 0.270 e. The van der Waals surface area contributed by atoms with Crippen LogP contribution < -0.4 is 0 Å². The summed E-state index contributed by atoms with van der Waals surface area (Å²) in [6, 6.07) is 9.81. The van der Waals surface area contributed by atoms with Crippen LogP contribution in [0.2, 0.25) is 0 Å². The molecule has 0 unspecified atom stereocenters. The van der Waals surface area contributed by atoms with Crippen LogP contribution in [0.5, 0.6) is 0 Å². The number of nitrogens with zero attached hydrogens (tertiary/aromatic N) is 4. The van der Waals surface area contributed by atoms with Gasteiger partial charge < -0.3 is 4.90 Å². The largest absolute Gasteiger partial charge is 0.335 e. The Morgan fingerprint density at radius 1 is 1.07 bits per heavy atom. The zero-order valence-electron chi connectivity index (χ0n) is 16.4. The summed E-state index contributed by atoms with van der Waals surface area (Å²) in [6.45, 7) is 3.68. The minimum atomic E-state index is -3.12. The van der Waals surface area contributed by atoms with Gasteiger partial charge in [0.1, 0.15) is 5.71 Å². The topological polar surface area (TPSA) is 90.4 Å². The maximum absolute atomic E-state index is 12.9. The molecule has 9 heteroatoms. The van der Waals surface area contributed by atoms with Crippen molar-refractivity contribution in [3.8, 4) is 0 Å². The van der Waals surface area contributed by atoms with Crippen molar-refractivity contribution < 1.29 is 18.0 Å². The molecular weight excluding hydrogens is 392 g/mol. The Morgan fingerprint density at radius 3 is 2.45 bits per heavy atom. The van der Waals surface area contributed by atoms with E-state index in [2.05, 4.69) is 22.1 Å². The summed E-state index contributed by atoms with van der Waals surface area (Å²) in [4.78, 5) is 29.3. The number of sulfone groups is 1. The van der Waals surface area contributed by atoms with Crippen molar-refractivity contribution in [3.63, 3.8) is 0 Å². The van der Waals surface area contributed by atoms with E-state index < -0.39 is 15.9 Å². The molecule has 0 aromatic heterocycles. The number of hydrogen-bond donors (Lipinski definition) is 0. The van der Waals surface area contributed by atoms with Gasteiger partial charge in [-0.25, -0.2) is 13.4 Å². The van der Waals surface area contributed by atoms with Crippen molar-refractivity contribution in [2.75, 3.05) is 37.7 Å². The van der Waals surface area contributed by atoms with Crippen molar-refractivity contribution in [1.29, 1.82) is 0 Å². The van der Waals surface area contributed by atoms with Gasteiger partial charge in [-0.2, -0.15) is 5.10 Å². The molecule has 4 rings (SSSR count). The van der Waals surface area contributed by atoms with Gasteiger partial charge in [0.15, 0.2) is 9.84 Å². The minimum absolute atomic E-state index is 0.0676. The average Bonchev–Trinajstić information content (AvgIpc) is 3.09. The molecule has 0 bridgehead atoms. The van der Waals surface area contributed by atoms with Crippen LogP contribution in [-0.4, -0.2) is 84.5 Å². The molecule has 1 aromatic carbocycles. The first-order chi connectivity index (χ1) is 13.9. The summed E-state index contributed by atoms with van der Waals surface area (Å²) in [5.41, 5.74) is 1.62. The monoisotopic (exact) mass is 418 g/mol. The summed E-state index contributed by atoms with van der Waals surface area (Å²) in [7, 11) is -3.12. The van der Waals surface area contributed by atoms with Crippen molar-refractivity contribution in [2.45, 2.75) is 31.8 Å². The van der Waals surface area contributed by atoms with Gasteiger partial charge in [0.25, 0.3) is 5.91 Å². The molecule has 3 aliphatic rings. The van der Waals surface area contributed by atoms with Gasteiger partial charge in [-0.05, 0) is 12.0 Å². The third kappa shape index (κ3) is 4.67. The molecule has 1 atom stereocenters. The van der Waals surface area contributed by atoms with Gasteiger partial charge in [0, 0.05) is 45.6 Å². The van der Waals surface area contributed by atoms with Crippen LogP contribution in [0.4, 0.5) is 0 Å². The summed E-state index contributed by atoms with van der Waals surface area (Å²) in [5.74, 6) is -0.329. The predicted molar refractivity (Wildman–Crippen MR) is 109 cm³/mol. The van der Waals surface area contributed by atoms with Crippen LogP contribution >= 0.6 is 0 Å². The van der Waals surface area contributed by atoms with E-state index in [1.54, 1.807) is 4.90 Å². The zero-order valence-corrected chi connectivity index (χ0v) is 17.2. The third-order valence-electron chi connectivity index (χ3n) is 5.77. The quantitative estimate of drug-likeness (QED) is 0.710. The molecule has 1 aromatic rings. The maximum atomic E-state index is 12.9. The minimum Gasteiger partial charge on any atom is -0.335 e. The van der Waals surface area contributed by atoms with Crippen LogP contribution in [0, 0.1) is 0 Å². The molecule has 3 aliphatic heterocycles. The van der Waals surface area contributed by atoms with Gasteiger partial charge >= 0.3 is 0 Å². The summed E-state index contributed by atoms with van der Waals surface area (Å²) < 4.78 is 23.5. The van der Waals surface area contributed by atoms with E-state index in [0.717, 1.165) is 19.6 Å². The number of amides is 2. The molecule has 0 N–H and O–H groups in total. The number of rotatable bonds is 4. The SMILES string of the molecule is O=C(C1=NN([C@@H]2CCS(=O)(=O)C2)C(=O)CC1)N1CCN(Cc2ccccc2)CC1. The van der Waals surface area contributed by atoms with E-state index in [1.807, 2.05) is 18.2 Å². The summed E-state index contributed by atoms with van der Waals surface area (Å²) >= 11 is 0. The number of piperazine rings is 1. The van der Waals surface area contributed by atoms with Crippen molar-refractivity contribution >= 4 is 27.4 Å². The summed E-state index contributed by atoms with van der Waals surface area (Å²) in [5, 5.41) is 5.56. The molecule has 0 aliphatic carbocycles. The lowest BCUT2D eigenvalue weighted by atomic mass is 10.1. The first kappa shape index (κ1) is 20.0. The molecule has 2 fully saturated rings. The molecule has 3 heterocycles. The Balaban J connectivity index is 1.37. The van der Waals surface area contributed by atoms with E-state index in [-0.39, 0.29) is 29.7 Å². The summed E-state index contributed by atoms with van der Waals surface area (Å²) in [6.07, 6.45) is 0.907. The molecule has 29 heavy (non-hydrogen) atoms. The van der Waals surface area contributed by atoms with E-state index in [1.165, 1.54) is 10.6 Å². The van der Waals surface area contributed by atoms with Crippen molar-refractivity contribution in [2.24, 2.45) is 5.10 Å². The Bertz CT molecular complexity index is 908. The van der Waals surface area contributed by atoms with Gasteiger partial charge in [-0.15, -0.1) is 0 Å². The Morgan fingerprint density at radius 2 is 1.79 bits per heavy atom. The molecule has 0 radical (unpaired) electrons. The number of carbonyl (C=O) groups excluding carboxylic acids is 2. The van der Waals surface area contributed by atoms with Crippen LogP contribution in [0.15, 0.2) is 35.4 Å². The van der Waals surface area contributed by atoms with Crippen molar-refractivity contribution in [3.05, 3.63) is 35.9 Å². The van der Waals surface area contributed by atoms with E-state index in [9.17, 15) is 18.0 Å². The van der Waals surface area contributed by atoms with Gasteiger partial charge in [0.05, 0.1) is 17.5 Å². The van der Waals surface area contributed by atoms with Crippen LogP contribution in [0.1, 0.15) is 24.8 Å². The predicted octanol–water partition coefficient (Wildman–Crippen LogP) is 0.496. The first-order valence-electron chi connectivity index (χ1n) is 10.1. The Labute approximate surface area is 171 Å². The second-order valence-electron chi connectivity index (χ2n) is 7.90. The highest BCUT2D eigenvalue weighted by Gasteiger charge is 2.38. The van der Waals surface area contributed by atoms with Crippen LogP contribution in [-0.2, 0) is 26.0 Å². The molecular formula is C20H26N4O4S. The molecule has 8 nitrogen and oxygen atoms in total. The van der Waals surface area contributed by atoms with Gasteiger partial charge in [-0.1, -0.05) is 30.3 Å². The molecule has 2 amide bonds. The second kappa shape index (κ2) is 8.23. The highest BCUT2D eigenvalue weighted by atomic mass is 32.2. The van der Waals surface area contributed by atoms with Crippen LogP contribution in [0.25, 0.3) is 0 Å². The number of benzene rings is 1. The fourth-order valence-electron chi connectivity index (χ4n) is 4.11. The van der Waals surface area contributed by atoms with Gasteiger partial charge in [-0.3, -0.25) is 14.5 Å². The number of carbonyl (C=O) groups is 2. The first-order valence-corrected chi connectivity index (χ1v) is 11.9. The highest BCUT2D eigenvalue weighted by Crippen LogP contribution is 2.23. The normalized spacial score (nSPS) is 25.2. The Hall–Kier alpha value is -2.26. The van der Waals surface area contributed by atoms with Crippen molar-refractivity contribution in [1.82, 2.24) is 14.8 Å². The molecule has 156 valence electrons. The molecule has 0 spiro atoms. The van der Waals surface area contributed by atoms with E-state index in [4.69, 9.17) is 0 Å². The lowest BCUT2D eigenvalue weighted by molar-refractivity contribution is -0.134. The standard InChI is InChI=1S/C20H26N4O4S/c25-19-7-6-18(21-24(19)17-8-13-29(27,28)15-17)20(26)23-11-9-22(10-12-23)14-16-4-2-1-3-5-16/h1-5,17H,6-15H2/t17-/m1/s1. The highest BCUT2D eigenvalue weighted by molar-refractivity contribution is 7.91. The fourth-order valence-corrected chi connectivity index (χ4v) is 5.80. The van der Waals surface area contributed by atoms with E-state index >= 15 is 0 Å². The average molecular weight is 419 g/mol. The third-order valence-corrected chi connectivity index (χ3v) is 7.52. The zero-order chi connectivity index (χ0) is 20.4.